The lowest BCUT2D eigenvalue weighted by atomic mass is 10.1. The largest absolute Gasteiger partial charge is 0.282 e. The number of pyridine rings is 1. The number of rotatable bonds is 3. The van der Waals surface area contributed by atoms with Crippen LogP contribution < -0.4 is 5.56 Å². The smallest absolute Gasteiger partial charge is 0.267 e. The van der Waals surface area contributed by atoms with Gasteiger partial charge >= 0.3 is 0 Å². The SMILES string of the molecule is Cc1ccc(C=Nn2c(-c3cccnc3)nc3ccc(Br)cc3c2=O)cc1C. The van der Waals surface area contributed by atoms with Gasteiger partial charge in [0, 0.05) is 22.4 Å². The van der Waals surface area contributed by atoms with Crippen LogP contribution in [0.3, 0.4) is 0 Å². The molecule has 4 aromatic rings. The Morgan fingerprint density at radius 1 is 1.07 bits per heavy atom. The van der Waals surface area contributed by atoms with E-state index < -0.39 is 0 Å². The molecule has 0 aliphatic carbocycles. The lowest BCUT2D eigenvalue weighted by Gasteiger charge is -2.09. The quantitative estimate of drug-likeness (QED) is 0.440. The van der Waals surface area contributed by atoms with Gasteiger partial charge in [-0.25, -0.2) is 4.98 Å². The summed E-state index contributed by atoms with van der Waals surface area (Å²) in [6, 6.07) is 15.2. The second kappa shape index (κ2) is 7.48. The van der Waals surface area contributed by atoms with Crippen LogP contribution in [0, 0.1) is 13.8 Å². The van der Waals surface area contributed by atoms with Crippen molar-refractivity contribution in [1.82, 2.24) is 14.6 Å². The van der Waals surface area contributed by atoms with Gasteiger partial charge in [-0.2, -0.15) is 9.78 Å². The third-order valence-corrected chi connectivity index (χ3v) is 5.07. The molecule has 6 heteroatoms. The molecule has 2 aromatic carbocycles. The van der Waals surface area contributed by atoms with Gasteiger partial charge in [0.1, 0.15) is 0 Å². The first-order chi connectivity index (χ1) is 13.5. The molecule has 0 N–H and O–H groups in total. The van der Waals surface area contributed by atoms with Gasteiger partial charge in [0.15, 0.2) is 5.82 Å². The van der Waals surface area contributed by atoms with Crippen LogP contribution >= 0.6 is 15.9 Å². The lowest BCUT2D eigenvalue weighted by molar-refractivity contribution is 0.829. The molecule has 2 heterocycles. The molecule has 0 atom stereocenters. The van der Waals surface area contributed by atoms with Gasteiger partial charge in [0.2, 0.25) is 0 Å². The van der Waals surface area contributed by atoms with E-state index >= 15 is 0 Å². The third kappa shape index (κ3) is 3.51. The van der Waals surface area contributed by atoms with Crippen LogP contribution in [0.1, 0.15) is 16.7 Å². The van der Waals surface area contributed by atoms with Gasteiger partial charge in [-0.05, 0) is 60.9 Å². The van der Waals surface area contributed by atoms with Crippen LogP contribution in [0.4, 0.5) is 0 Å². The van der Waals surface area contributed by atoms with E-state index in [1.165, 1.54) is 15.8 Å². The Hall–Kier alpha value is -3.12. The van der Waals surface area contributed by atoms with Crippen LogP contribution in [-0.4, -0.2) is 20.9 Å². The van der Waals surface area contributed by atoms with Crippen molar-refractivity contribution in [2.75, 3.05) is 0 Å². The fourth-order valence-corrected chi connectivity index (χ4v) is 3.27. The summed E-state index contributed by atoms with van der Waals surface area (Å²) >= 11 is 3.42. The Kier molecular flexibility index (Phi) is 4.88. The van der Waals surface area contributed by atoms with Crippen molar-refractivity contribution in [2.24, 2.45) is 5.10 Å². The zero-order valence-corrected chi connectivity index (χ0v) is 17.0. The molecule has 2 aromatic heterocycles. The molecular weight excluding hydrogens is 416 g/mol. The van der Waals surface area contributed by atoms with E-state index in [0.717, 1.165) is 15.6 Å². The highest BCUT2D eigenvalue weighted by Crippen LogP contribution is 2.20. The summed E-state index contributed by atoms with van der Waals surface area (Å²) in [5.74, 6) is 0.452. The molecule has 4 rings (SSSR count). The maximum Gasteiger partial charge on any atom is 0.282 e. The highest BCUT2D eigenvalue weighted by Gasteiger charge is 2.13. The number of nitrogens with zero attached hydrogens (tertiary/aromatic N) is 4. The second-order valence-electron chi connectivity index (χ2n) is 6.54. The van der Waals surface area contributed by atoms with E-state index in [2.05, 4.69) is 44.8 Å². The van der Waals surface area contributed by atoms with Crippen molar-refractivity contribution in [3.8, 4) is 11.4 Å². The van der Waals surface area contributed by atoms with Crippen LogP contribution in [0.2, 0.25) is 0 Å². The average Bonchev–Trinajstić information content (AvgIpc) is 2.71. The number of benzene rings is 2. The summed E-state index contributed by atoms with van der Waals surface area (Å²) in [4.78, 5) is 22.0. The summed E-state index contributed by atoms with van der Waals surface area (Å²) in [6.45, 7) is 4.11. The summed E-state index contributed by atoms with van der Waals surface area (Å²) in [5, 5.41) is 4.98. The van der Waals surface area contributed by atoms with E-state index in [4.69, 9.17) is 0 Å². The van der Waals surface area contributed by atoms with Crippen LogP contribution in [-0.2, 0) is 0 Å². The third-order valence-electron chi connectivity index (χ3n) is 4.58. The molecule has 5 nitrogen and oxygen atoms in total. The Balaban J connectivity index is 1.94. The van der Waals surface area contributed by atoms with Gasteiger partial charge in [-0.15, -0.1) is 0 Å². The Morgan fingerprint density at radius 2 is 1.93 bits per heavy atom. The molecule has 0 unspecified atom stereocenters. The predicted molar refractivity (Wildman–Crippen MR) is 116 cm³/mol. The highest BCUT2D eigenvalue weighted by molar-refractivity contribution is 9.10. The molecular formula is C22H17BrN4O. The normalized spacial score (nSPS) is 11.4. The van der Waals surface area contributed by atoms with E-state index in [9.17, 15) is 4.79 Å². The molecule has 0 bridgehead atoms. The lowest BCUT2D eigenvalue weighted by Crippen LogP contribution is -2.20. The first-order valence-electron chi connectivity index (χ1n) is 8.77. The fourth-order valence-electron chi connectivity index (χ4n) is 2.91. The predicted octanol–water partition coefficient (Wildman–Crippen LogP) is 4.72. The number of hydrogen-bond acceptors (Lipinski definition) is 4. The first-order valence-corrected chi connectivity index (χ1v) is 9.56. The molecule has 0 amide bonds. The van der Waals surface area contributed by atoms with Gasteiger partial charge in [0.25, 0.3) is 5.56 Å². The van der Waals surface area contributed by atoms with Crippen molar-refractivity contribution in [1.29, 1.82) is 0 Å². The maximum absolute atomic E-state index is 13.2. The van der Waals surface area contributed by atoms with E-state index in [-0.39, 0.29) is 5.56 Å². The summed E-state index contributed by atoms with van der Waals surface area (Å²) in [5.41, 5.74) is 4.41. The van der Waals surface area contributed by atoms with Crippen molar-refractivity contribution >= 4 is 33.0 Å². The number of aryl methyl sites for hydroxylation is 2. The number of aromatic nitrogens is 3. The molecule has 0 saturated carbocycles. The van der Waals surface area contributed by atoms with Crippen LogP contribution in [0.15, 0.2) is 75.3 Å². The minimum absolute atomic E-state index is 0.231. The van der Waals surface area contributed by atoms with Gasteiger partial charge < -0.3 is 0 Å². The number of halogens is 1. The van der Waals surface area contributed by atoms with Crippen LogP contribution in [0.25, 0.3) is 22.3 Å². The molecule has 0 fully saturated rings. The van der Waals surface area contributed by atoms with Crippen LogP contribution in [0.5, 0.6) is 0 Å². The van der Waals surface area contributed by atoms with Gasteiger partial charge in [-0.1, -0.05) is 34.1 Å². The highest BCUT2D eigenvalue weighted by atomic mass is 79.9. The summed E-state index contributed by atoms with van der Waals surface area (Å²) < 4.78 is 2.15. The minimum atomic E-state index is -0.231. The molecule has 0 aliphatic rings. The van der Waals surface area contributed by atoms with Crippen molar-refractivity contribution < 1.29 is 0 Å². The van der Waals surface area contributed by atoms with Gasteiger partial charge in [0.05, 0.1) is 17.1 Å². The number of hydrogen-bond donors (Lipinski definition) is 0. The van der Waals surface area contributed by atoms with E-state index in [1.807, 2.05) is 42.5 Å². The monoisotopic (exact) mass is 432 g/mol. The maximum atomic E-state index is 13.2. The average molecular weight is 433 g/mol. The van der Waals surface area contributed by atoms with Crippen molar-refractivity contribution in [3.63, 3.8) is 0 Å². The fraction of sp³-hybridized carbons (Fsp3) is 0.0909. The summed E-state index contributed by atoms with van der Waals surface area (Å²) in [6.07, 6.45) is 5.04. The van der Waals surface area contributed by atoms with Gasteiger partial charge in [-0.3, -0.25) is 9.78 Å². The summed E-state index contributed by atoms with van der Waals surface area (Å²) in [7, 11) is 0. The topological polar surface area (TPSA) is 60.1 Å². The number of fused-ring (bicyclic) bond motifs is 1. The molecule has 138 valence electrons. The zero-order chi connectivity index (χ0) is 19.7. The Labute approximate surface area is 170 Å². The van der Waals surface area contributed by atoms with E-state index in [1.54, 1.807) is 24.7 Å². The molecule has 0 spiro atoms. The van der Waals surface area contributed by atoms with Crippen molar-refractivity contribution in [3.05, 3.63) is 92.4 Å². The molecule has 28 heavy (non-hydrogen) atoms. The standard InChI is InChI=1S/C22H17BrN4O/c1-14-5-6-16(10-15(14)2)12-25-27-21(17-4-3-9-24-13-17)26-20-8-7-18(23)11-19(20)22(27)28/h3-13H,1-2H3. The Morgan fingerprint density at radius 3 is 2.68 bits per heavy atom. The van der Waals surface area contributed by atoms with E-state index in [0.29, 0.717) is 16.7 Å². The van der Waals surface area contributed by atoms with Crippen molar-refractivity contribution in [2.45, 2.75) is 13.8 Å². The molecule has 0 radical (unpaired) electrons. The molecule has 0 aliphatic heterocycles. The second-order valence-corrected chi connectivity index (χ2v) is 7.46. The zero-order valence-electron chi connectivity index (χ0n) is 15.4. The molecule has 0 saturated heterocycles. The Bertz CT molecular complexity index is 1260. The minimum Gasteiger partial charge on any atom is -0.267 e. The first kappa shape index (κ1) is 18.3.